The molecule has 0 radical (unpaired) electrons. The van der Waals surface area contributed by atoms with E-state index in [0.717, 1.165) is 44.7 Å². The second-order valence-electron chi connectivity index (χ2n) is 8.74. The summed E-state index contributed by atoms with van der Waals surface area (Å²) in [5, 5.41) is 20.0. The van der Waals surface area contributed by atoms with E-state index < -0.39 is 5.41 Å². The van der Waals surface area contributed by atoms with Crippen LogP contribution in [0.5, 0.6) is 11.5 Å². The van der Waals surface area contributed by atoms with Crippen molar-refractivity contribution in [3.05, 3.63) is 118 Å². The van der Waals surface area contributed by atoms with Gasteiger partial charge in [0.05, 0.1) is 27.8 Å². The summed E-state index contributed by atoms with van der Waals surface area (Å²) in [7, 11) is 0. The van der Waals surface area contributed by atoms with Crippen molar-refractivity contribution in [3.8, 4) is 22.8 Å². The van der Waals surface area contributed by atoms with Gasteiger partial charge in [0, 0.05) is 5.56 Å². The van der Waals surface area contributed by atoms with E-state index in [2.05, 4.69) is 38.1 Å². The zero-order valence-electron chi connectivity index (χ0n) is 18.4. The lowest BCUT2D eigenvalue weighted by Gasteiger charge is -2.32. The van der Waals surface area contributed by atoms with E-state index in [0.29, 0.717) is 0 Å². The Morgan fingerprint density at radius 3 is 1.73 bits per heavy atom. The Labute approximate surface area is 191 Å². The maximum absolute atomic E-state index is 10.0. The molecular formula is C29H22N2O2. The van der Waals surface area contributed by atoms with Crippen molar-refractivity contribution in [1.82, 2.24) is 9.97 Å². The maximum atomic E-state index is 10.0. The fourth-order valence-electron chi connectivity index (χ4n) is 5.08. The molecule has 2 N–H and O–H groups in total. The highest BCUT2D eigenvalue weighted by Gasteiger charge is 2.48. The summed E-state index contributed by atoms with van der Waals surface area (Å²) in [6.07, 6.45) is 0. The van der Waals surface area contributed by atoms with Gasteiger partial charge in [-0.05, 0) is 78.1 Å². The molecule has 0 saturated carbocycles. The van der Waals surface area contributed by atoms with Crippen LogP contribution in [0.2, 0.25) is 0 Å². The zero-order chi connectivity index (χ0) is 22.7. The minimum Gasteiger partial charge on any atom is -0.508 e. The van der Waals surface area contributed by atoms with Gasteiger partial charge >= 0.3 is 0 Å². The standard InChI is InChI=1S/C29H22N2O2/c1-17-15-25-26(16-18(17)2)31-28-27(30-25)23-5-3-4-6-24(23)29(28,19-7-11-21(32)12-8-19)20-9-13-22(33)14-10-20/h3-16,32-33H,1-2H3. The summed E-state index contributed by atoms with van der Waals surface area (Å²) in [4.78, 5) is 10.4. The topological polar surface area (TPSA) is 66.2 Å². The van der Waals surface area contributed by atoms with Gasteiger partial charge in [-0.2, -0.15) is 0 Å². The Morgan fingerprint density at radius 2 is 1.15 bits per heavy atom. The number of benzene rings is 4. The first-order valence-corrected chi connectivity index (χ1v) is 11.0. The van der Waals surface area contributed by atoms with Crippen LogP contribution in [-0.4, -0.2) is 20.2 Å². The second kappa shape index (κ2) is 6.91. The van der Waals surface area contributed by atoms with Crippen molar-refractivity contribution in [2.75, 3.05) is 0 Å². The Morgan fingerprint density at radius 1 is 0.636 bits per heavy atom. The smallest absolute Gasteiger partial charge is 0.115 e. The van der Waals surface area contributed by atoms with E-state index in [1.54, 1.807) is 24.3 Å². The zero-order valence-corrected chi connectivity index (χ0v) is 18.4. The number of aryl methyl sites for hydroxylation is 2. The van der Waals surface area contributed by atoms with Crippen LogP contribution in [-0.2, 0) is 5.41 Å². The number of hydrogen-bond acceptors (Lipinski definition) is 4. The minimum absolute atomic E-state index is 0.210. The first-order valence-electron chi connectivity index (χ1n) is 11.0. The Kier molecular flexibility index (Phi) is 4.08. The molecule has 6 rings (SSSR count). The van der Waals surface area contributed by atoms with Crippen LogP contribution in [0, 0.1) is 13.8 Å². The first kappa shape index (κ1) is 19.5. The van der Waals surface area contributed by atoms with Crippen molar-refractivity contribution in [1.29, 1.82) is 0 Å². The second-order valence-corrected chi connectivity index (χ2v) is 8.74. The highest BCUT2D eigenvalue weighted by molar-refractivity contribution is 5.88. The summed E-state index contributed by atoms with van der Waals surface area (Å²) in [6.45, 7) is 4.18. The molecule has 4 nitrogen and oxygen atoms in total. The van der Waals surface area contributed by atoms with Crippen molar-refractivity contribution in [2.24, 2.45) is 0 Å². The summed E-state index contributed by atoms with van der Waals surface area (Å²) >= 11 is 0. The fraction of sp³-hybridized carbons (Fsp3) is 0.103. The molecule has 4 aromatic carbocycles. The highest BCUT2D eigenvalue weighted by atomic mass is 16.3. The maximum Gasteiger partial charge on any atom is 0.115 e. The number of nitrogens with zero attached hydrogens (tertiary/aromatic N) is 2. The van der Waals surface area contributed by atoms with E-state index >= 15 is 0 Å². The molecule has 1 heterocycles. The average Bonchev–Trinajstić information content (AvgIpc) is 3.10. The lowest BCUT2D eigenvalue weighted by molar-refractivity contribution is 0.474. The van der Waals surface area contributed by atoms with Gasteiger partial charge in [-0.1, -0.05) is 48.5 Å². The summed E-state index contributed by atoms with van der Waals surface area (Å²) in [5.74, 6) is 0.420. The van der Waals surface area contributed by atoms with Crippen LogP contribution in [0.3, 0.4) is 0 Å². The van der Waals surface area contributed by atoms with Crippen LogP contribution in [0.25, 0.3) is 22.3 Å². The van der Waals surface area contributed by atoms with Crippen LogP contribution in [0.1, 0.15) is 33.5 Å². The van der Waals surface area contributed by atoms with Gasteiger partial charge in [0.2, 0.25) is 0 Å². The fourth-order valence-corrected chi connectivity index (χ4v) is 5.08. The van der Waals surface area contributed by atoms with Crippen LogP contribution < -0.4 is 0 Å². The van der Waals surface area contributed by atoms with Crippen LogP contribution >= 0.6 is 0 Å². The van der Waals surface area contributed by atoms with Crippen LogP contribution in [0.15, 0.2) is 84.9 Å². The molecule has 0 spiro atoms. The van der Waals surface area contributed by atoms with Crippen molar-refractivity contribution in [3.63, 3.8) is 0 Å². The first-order chi connectivity index (χ1) is 16.0. The molecule has 1 aromatic heterocycles. The summed E-state index contributed by atoms with van der Waals surface area (Å²) < 4.78 is 0. The number of aromatic nitrogens is 2. The molecule has 1 aliphatic rings. The molecule has 0 bridgehead atoms. The Bertz CT molecular complexity index is 1490. The van der Waals surface area contributed by atoms with Gasteiger partial charge in [-0.3, -0.25) is 0 Å². The number of hydrogen-bond donors (Lipinski definition) is 2. The quantitative estimate of drug-likeness (QED) is 0.352. The van der Waals surface area contributed by atoms with Gasteiger partial charge in [-0.15, -0.1) is 0 Å². The number of rotatable bonds is 2. The highest BCUT2D eigenvalue weighted by Crippen LogP contribution is 2.55. The molecular weight excluding hydrogens is 408 g/mol. The van der Waals surface area contributed by atoms with Crippen molar-refractivity contribution < 1.29 is 10.2 Å². The van der Waals surface area contributed by atoms with Gasteiger partial charge < -0.3 is 10.2 Å². The number of aromatic hydroxyl groups is 2. The molecule has 33 heavy (non-hydrogen) atoms. The van der Waals surface area contributed by atoms with Crippen molar-refractivity contribution in [2.45, 2.75) is 19.3 Å². The molecule has 0 aliphatic heterocycles. The molecule has 0 saturated heterocycles. The third-order valence-electron chi connectivity index (χ3n) is 6.82. The van der Waals surface area contributed by atoms with Crippen molar-refractivity contribution >= 4 is 11.0 Å². The number of fused-ring (bicyclic) bond motifs is 4. The van der Waals surface area contributed by atoms with Gasteiger partial charge in [0.15, 0.2) is 0 Å². The normalized spacial score (nSPS) is 13.6. The molecule has 0 unspecified atom stereocenters. The van der Waals surface area contributed by atoms with E-state index in [-0.39, 0.29) is 11.5 Å². The SMILES string of the molecule is Cc1cc2nc3c(nc2cc1C)C(c1ccc(O)cc1)(c1ccc(O)cc1)c1ccccc1-3. The largest absolute Gasteiger partial charge is 0.508 e. The lowest BCUT2D eigenvalue weighted by atomic mass is 9.69. The molecule has 5 aromatic rings. The van der Waals surface area contributed by atoms with E-state index in [9.17, 15) is 10.2 Å². The van der Waals surface area contributed by atoms with Gasteiger partial charge in [0.25, 0.3) is 0 Å². The van der Waals surface area contributed by atoms with E-state index in [4.69, 9.17) is 9.97 Å². The molecule has 1 aliphatic carbocycles. The molecule has 0 fully saturated rings. The molecule has 4 heteroatoms. The molecule has 0 amide bonds. The Balaban J connectivity index is 1.80. The van der Waals surface area contributed by atoms with Gasteiger partial charge in [-0.25, -0.2) is 9.97 Å². The van der Waals surface area contributed by atoms with E-state index in [1.165, 1.54) is 11.1 Å². The minimum atomic E-state index is -0.729. The summed E-state index contributed by atoms with van der Waals surface area (Å²) in [5.41, 5.74) is 9.17. The average molecular weight is 431 g/mol. The third-order valence-corrected chi connectivity index (χ3v) is 6.82. The number of phenols is 2. The monoisotopic (exact) mass is 430 g/mol. The van der Waals surface area contributed by atoms with Gasteiger partial charge in [0.1, 0.15) is 11.5 Å². The lowest BCUT2D eigenvalue weighted by Crippen LogP contribution is -2.29. The summed E-state index contributed by atoms with van der Waals surface area (Å²) in [6, 6.07) is 27.1. The third kappa shape index (κ3) is 2.70. The predicted octanol–water partition coefficient (Wildman–Crippen LogP) is 6.02. The molecule has 0 atom stereocenters. The molecule has 160 valence electrons. The Hall–Kier alpha value is -4.18. The predicted molar refractivity (Wildman–Crippen MR) is 130 cm³/mol. The van der Waals surface area contributed by atoms with Crippen LogP contribution in [0.4, 0.5) is 0 Å². The number of phenolic OH excluding ortho intramolecular Hbond substituents is 2. The van der Waals surface area contributed by atoms with E-state index in [1.807, 2.05) is 36.4 Å².